The summed E-state index contributed by atoms with van der Waals surface area (Å²) in [5.41, 5.74) is 2.40. The Morgan fingerprint density at radius 3 is 2.33 bits per heavy atom. The maximum absolute atomic E-state index is 12.7. The van der Waals surface area contributed by atoms with Crippen LogP contribution in [0.4, 0.5) is 0 Å². The topological polar surface area (TPSA) is 55.4 Å². The van der Waals surface area contributed by atoms with E-state index in [1.54, 1.807) is 0 Å². The van der Waals surface area contributed by atoms with Gasteiger partial charge in [0, 0.05) is 11.1 Å². The van der Waals surface area contributed by atoms with Gasteiger partial charge in [-0.15, -0.1) is 0 Å². The van der Waals surface area contributed by atoms with Crippen molar-refractivity contribution in [1.82, 2.24) is 5.32 Å². The third-order valence-electron chi connectivity index (χ3n) is 3.17. The molecule has 0 aliphatic rings. The van der Waals surface area contributed by atoms with E-state index in [2.05, 4.69) is 5.32 Å². The zero-order valence-electron chi connectivity index (χ0n) is 13.7. The van der Waals surface area contributed by atoms with Gasteiger partial charge in [0.25, 0.3) is 0 Å². The van der Waals surface area contributed by atoms with Crippen LogP contribution in [-0.4, -0.2) is 30.4 Å². The van der Waals surface area contributed by atoms with E-state index in [4.69, 9.17) is 4.74 Å². The van der Waals surface area contributed by atoms with E-state index in [1.165, 1.54) is 7.11 Å². The molecular formula is C17H25NO3. The number of Topliss-reactive ketones (excluding diaryl/α,β-unsaturated/α-hetero) is 1. The van der Waals surface area contributed by atoms with Gasteiger partial charge in [-0.2, -0.15) is 0 Å². The highest BCUT2D eigenvalue weighted by molar-refractivity contribution is 6.03. The average molecular weight is 291 g/mol. The van der Waals surface area contributed by atoms with E-state index >= 15 is 0 Å². The fourth-order valence-electron chi connectivity index (χ4n) is 2.26. The molecule has 0 fully saturated rings. The van der Waals surface area contributed by atoms with Crippen LogP contribution in [0.1, 0.15) is 48.7 Å². The van der Waals surface area contributed by atoms with Crippen LogP contribution in [0.15, 0.2) is 18.2 Å². The first-order valence-corrected chi connectivity index (χ1v) is 7.10. The van der Waals surface area contributed by atoms with Gasteiger partial charge >= 0.3 is 5.97 Å². The molecule has 4 heteroatoms. The standard InChI is InChI=1S/C17H25NO3/c1-11-7-8-13(12(2)9-11)16(20)14(10-15(19)21-6)18-17(3,4)5/h7-9,14,18H,10H2,1-6H3. The molecule has 1 atom stereocenters. The van der Waals surface area contributed by atoms with Gasteiger partial charge in [-0.3, -0.25) is 9.59 Å². The minimum atomic E-state index is -0.584. The second kappa shape index (κ2) is 6.85. The van der Waals surface area contributed by atoms with Crippen molar-refractivity contribution < 1.29 is 14.3 Å². The van der Waals surface area contributed by atoms with Gasteiger partial charge in [0.2, 0.25) is 0 Å². The summed E-state index contributed by atoms with van der Waals surface area (Å²) in [7, 11) is 1.33. The molecule has 0 radical (unpaired) electrons. The number of rotatable bonds is 5. The minimum Gasteiger partial charge on any atom is -0.469 e. The Balaban J connectivity index is 3.06. The Hall–Kier alpha value is -1.68. The first kappa shape index (κ1) is 17.4. The number of carbonyl (C=O) groups is 2. The molecule has 0 saturated heterocycles. The molecule has 21 heavy (non-hydrogen) atoms. The molecule has 0 saturated carbocycles. The minimum absolute atomic E-state index is 0.0277. The maximum Gasteiger partial charge on any atom is 0.307 e. The van der Waals surface area contributed by atoms with Crippen molar-refractivity contribution >= 4 is 11.8 Å². The highest BCUT2D eigenvalue weighted by atomic mass is 16.5. The van der Waals surface area contributed by atoms with Crippen LogP contribution in [0.5, 0.6) is 0 Å². The second-order valence-corrected chi connectivity index (χ2v) is 6.41. The summed E-state index contributed by atoms with van der Waals surface area (Å²) in [5.74, 6) is -0.470. The number of carbonyl (C=O) groups excluding carboxylic acids is 2. The molecule has 0 spiro atoms. The number of nitrogens with one attached hydrogen (secondary N) is 1. The number of benzene rings is 1. The fraction of sp³-hybridized carbons (Fsp3) is 0.529. The Kier molecular flexibility index (Phi) is 5.67. The van der Waals surface area contributed by atoms with E-state index in [0.29, 0.717) is 5.56 Å². The lowest BCUT2D eigenvalue weighted by molar-refractivity contribution is -0.141. The second-order valence-electron chi connectivity index (χ2n) is 6.41. The summed E-state index contributed by atoms with van der Waals surface area (Å²) in [5, 5.41) is 3.21. The largest absolute Gasteiger partial charge is 0.469 e. The van der Waals surface area contributed by atoms with Gasteiger partial charge in [0.15, 0.2) is 5.78 Å². The van der Waals surface area contributed by atoms with Gasteiger partial charge < -0.3 is 10.1 Å². The quantitative estimate of drug-likeness (QED) is 0.669. The molecule has 1 unspecified atom stereocenters. The Morgan fingerprint density at radius 1 is 1.24 bits per heavy atom. The molecular weight excluding hydrogens is 266 g/mol. The summed E-state index contributed by atoms with van der Waals surface area (Å²) < 4.78 is 4.70. The molecule has 116 valence electrons. The Bertz CT molecular complexity index is 529. The number of ether oxygens (including phenoxy) is 1. The monoisotopic (exact) mass is 291 g/mol. The number of hydrogen-bond donors (Lipinski definition) is 1. The van der Waals surface area contributed by atoms with Crippen LogP contribution < -0.4 is 5.32 Å². The molecule has 1 aromatic carbocycles. The lowest BCUT2D eigenvalue weighted by Crippen LogP contribution is -2.49. The van der Waals surface area contributed by atoms with E-state index in [9.17, 15) is 9.59 Å². The summed E-state index contributed by atoms with van der Waals surface area (Å²) >= 11 is 0. The third kappa shape index (κ3) is 5.31. The fourth-order valence-corrected chi connectivity index (χ4v) is 2.26. The van der Waals surface area contributed by atoms with E-state index in [-0.39, 0.29) is 17.7 Å². The number of hydrogen-bond acceptors (Lipinski definition) is 4. The highest BCUT2D eigenvalue weighted by Crippen LogP contribution is 2.16. The van der Waals surface area contributed by atoms with Crippen LogP contribution in [0, 0.1) is 13.8 Å². The predicted molar refractivity (Wildman–Crippen MR) is 83.6 cm³/mol. The van der Waals surface area contributed by atoms with Crippen LogP contribution >= 0.6 is 0 Å². The highest BCUT2D eigenvalue weighted by Gasteiger charge is 2.28. The van der Waals surface area contributed by atoms with Crippen molar-refractivity contribution in [2.24, 2.45) is 0 Å². The zero-order valence-corrected chi connectivity index (χ0v) is 13.7. The van der Waals surface area contributed by atoms with Crippen molar-refractivity contribution in [2.45, 2.75) is 52.6 Å². The van der Waals surface area contributed by atoms with E-state index in [1.807, 2.05) is 52.8 Å². The number of methoxy groups -OCH3 is 1. The van der Waals surface area contributed by atoms with Crippen molar-refractivity contribution in [3.63, 3.8) is 0 Å². The number of esters is 1. The number of aryl methyl sites for hydroxylation is 2. The number of ketones is 1. The molecule has 0 aliphatic carbocycles. The molecule has 0 bridgehead atoms. The van der Waals surface area contributed by atoms with E-state index < -0.39 is 12.0 Å². The first-order valence-electron chi connectivity index (χ1n) is 7.10. The summed E-state index contributed by atoms with van der Waals surface area (Å²) in [6.07, 6.45) is 0.0277. The molecule has 4 nitrogen and oxygen atoms in total. The van der Waals surface area contributed by atoms with Crippen molar-refractivity contribution in [2.75, 3.05) is 7.11 Å². The van der Waals surface area contributed by atoms with Gasteiger partial charge in [0.1, 0.15) is 0 Å². The predicted octanol–water partition coefficient (Wildman–Crippen LogP) is 2.81. The van der Waals surface area contributed by atoms with Gasteiger partial charge in [-0.05, 0) is 40.2 Å². The maximum atomic E-state index is 12.7. The van der Waals surface area contributed by atoms with Crippen LogP contribution in [0.2, 0.25) is 0 Å². The smallest absolute Gasteiger partial charge is 0.307 e. The molecule has 0 amide bonds. The first-order chi connectivity index (χ1) is 9.64. The molecule has 0 aliphatic heterocycles. The molecule has 1 aromatic rings. The van der Waals surface area contributed by atoms with Crippen LogP contribution in [-0.2, 0) is 9.53 Å². The molecule has 1 rings (SSSR count). The molecule has 1 N–H and O–H groups in total. The van der Waals surface area contributed by atoms with Crippen molar-refractivity contribution in [1.29, 1.82) is 0 Å². The lowest BCUT2D eigenvalue weighted by atomic mass is 9.94. The van der Waals surface area contributed by atoms with Crippen LogP contribution in [0.25, 0.3) is 0 Å². The molecule has 0 heterocycles. The average Bonchev–Trinajstić information content (AvgIpc) is 2.35. The van der Waals surface area contributed by atoms with Gasteiger partial charge in [-0.25, -0.2) is 0 Å². The van der Waals surface area contributed by atoms with Gasteiger partial charge in [0.05, 0.1) is 19.6 Å². The van der Waals surface area contributed by atoms with Crippen LogP contribution in [0.3, 0.4) is 0 Å². The zero-order chi connectivity index (χ0) is 16.2. The Morgan fingerprint density at radius 2 is 1.86 bits per heavy atom. The SMILES string of the molecule is COC(=O)CC(NC(C)(C)C)C(=O)c1ccc(C)cc1C. The van der Waals surface area contributed by atoms with E-state index in [0.717, 1.165) is 11.1 Å². The van der Waals surface area contributed by atoms with Crippen molar-refractivity contribution in [3.05, 3.63) is 34.9 Å². The summed E-state index contributed by atoms with van der Waals surface area (Å²) in [4.78, 5) is 24.3. The van der Waals surface area contributed by atoms with Gasteiger partial charge in [-0.1, -0.05) is 23.8 Å². The normalized spacial score (nSPS) is 12.9. The lowest BCUT2D eigenvalue weighted by Gasteiger charge is -2.27. The summed E-state index contributed by atoms with van der Waals surface area (Å²) in [6, 6.07) is 5.12. The molecule has 0 aromatic heterocycles. The van der Waals surface area contributed by atoms with Crippen molar-refractivity contribution in [3.8, 4) is 0 Å². The summed E-state index contributed by atoms with van der Waals surface area (Å²) in [6.45, 7) is 9.79. The Labute approximate surface area is 126 Å². The third-order valence-corrected chi connectivity index (χ3v) is 3.17.